The molecule has 23 heavy (non-hydrogen) atoms. The van der Waals surface area contributed by atoms with Gasteiger partial charge in [-0.05, 0) is 28.9 Å². The van der Waals surface area contributed by atoms with Crippen molar-refractivity contribution < 1.29 is 9.90 Å². The Hall–Kier alpha value is -1.55. The lowest BCUT2D eigenvalue weighted by molar-refractivity contribution is -0.120. The van der Waals surface area contributed by atoms with Gasteiger partial charge in [0.05, 0.1) is 6.42 Å². The monoisotopic (exact) mass is 320 g/mol. The molecule has 0 saturated heterocycles. The zero-order valence-corrected chi connectivity index (χ0v) is 15.6. The van der Waals surface area contributed by atoms with Crippen LogP contribution in [0.5, 0.6) is 5.75 Å². The summed E-state index contributed by atoms with van der Waals surface area (Å²) in [6.45, 7) is 14.9. The highest BCUT2D eigenvalue weighted by Gasteiger charge is 2.25. The lowest BCUT2D eigenvalue weighted by Gasteiger charge is -2.27. The highest BCUT2D eigenvalue weighted by atomic mass is 16.3. The Bertz CT molecular complexity index is 564. The van der Waals surface area contributed by atoms with E-state index in [0.29, 0.717) is 12.1 Å². The molecule has 1 atom stereocenters. The first kappa shape index (κ1) is 19.5. The van der Waals surface area contributed by atoms with E-state index in [2.05, 4.69) is 52.9 Å². The normalized spacial score (nSPS) is 13.7. The number of aromatic hydroxyl groups is 1. The van der Waals surface area contributed by atoms with Crippen LogP contribution in [0.25, 0.3) is 0 Å². The predicted octanol–water partition coefficient (Wildman–Crippen LogP) is 2.99. The van der Waals surface area contributed by atoms with Crippen LogP contribution in [-0.2, 0) is 22.0 Å². The minimum absolute atomic E-state index is 0.0509. The Kier molecular flexibility index (Phi) is 5.86. The first-order valence-corrected chi connectivity index (χ1v) is 8.21. The number of rotatable bonds is 4. The van der Waals surface area contributed by atoms with Gasteiger partial charge in [0.2, 0.25) is 5.91 Å². The smallest absolute Gasteiger partial charge is 0.224 e. The molecule has 1 aromatic carbocycles. The molecule has 0 spiro atoms. The number of nitrogens with two attached hydrogens (primary N) is 1. The fourth-order valence-corrected chi connectivity index (χ4v) is 2.34. The van der Waals surface area contributed by atoms with E-state index in [1.807, 2.05) is 13.0 Å². The third-order valence-corrected chi connectivity index (χ3v) is 3.84. The Morgan fingerprint density at radius 3 is 2.17 bits per heavy atom. The summed E-state index contributed by atoms with van der Waals surface area (Å²) in [6, 6.07) is 3.91. The molecule has 0 saturated carbocycles. The second kappa shape index (κ2) is 6.91. The third kappa shape index (κ3) is 5.54. The highest BCUT2D eigenvalue weighted by molar-refractivity contribution is 5.79. The third-order valence-electron chi connectivity index (χ3n) is 3.84. The molecule has 4 heteroatoms. The number of hydrogen-bond acceptors (Lipinski definition) is 3. The van der Waals surface area contributed by atoms with Gasteiger partial charge in [-0.15, -0.1) is 0 Å². The van der Waals surface area contributed by atoms with Crippen LogP contribution in [0.3, 0.4) is 0 Å². The molecule has 0 aliphatic heterocycles. The Balaban J connectivity index is 3.23. The second-order valence-electron chi connectivity index (χ2n) is 8.49. The summed E-state index contributed by atoms with van der Waals surface area (Å²) >= 11 is 0. The molecule has 1 amide bonds. The summed E-state index contributed by atoms with van der Waals surface area (Å²) < 4.78 is 0. The molecular formula is C19H32N2O2. The van der Waals surface area contributed by atoms with E-state index in [1.165, 1.54) is 0 Å². The molecule has 0 aliphatic carbocycles. The average molecular weight is 320 g/mol. The van der Waals surface area contributed by atoms with E-state index in [4.69, 9.17) is 5.73 Å². The van der Waals surface area contributed by atoms with Crippen molar-refractivity contribution in [3.05, 3.63) is 28.8 Å². The second-order valence-corrected chi connectivity index (χ2v) is 8.49. The van der Waals surface area contributed by atoms with Crippen molar-refractivity contribution >= 4 is 5.91 Å². The summed E-state index contributed by atoms with van der Waals surface area (Å²) in [4.78, 5) is 12.1. The Morgan fingerprint density at radius 2 is 1.74 bits per heavy atom. The maximum absolute atomic E-state index is 12.1. The van der Waals surface area contributed by atoms with Crippen molar-refractivity contribution in [1.29, 1.82) is 0 Å². The van der Waals surface area contributed by atoms with Crippen molar-refractivity contribution in [2.24, 2.45) is 5.73 Å². The number of phenols is 1. The van der Waals surface area contributed by atoms with Gasteiger partial charge in [0.1, 0.15) is 5.75 Å². The lowest BCUT2D eigenvalue weighted by Crippen LogP contribution is -2.36. The number of benzene rings is 1. The van der Waals surface area contributed by atoms with E-state index >= 15 is 0 Å². The number of nitrogens with one attached hydrogen (secondary N) is 1. The van der Waals surface area contributed by atoms with E-state index in [-0.39, 0.29) is 34.9 Å². The molecule has 0 fully saturated rings. The molecule has 0 aromatic heterocycles. The van der Waals surface area contributed by atoms with Crippen LogP contribution in [0, 0.1) is 0 Å². The van der Waals surface area contributed by atoms with Crippen LogP contribution in [0.15, 0.2) is 12.1 Å². The molecule has 1 aromatic rings. The van der Waals surface area contributed by atoms with E-state index in [9.17, 15) is 9.90 Å². The van der Waals surface area contributed by atoms with Gasteiger partial charge in [0.15, 0.2) is 0 Å². The molecule has 130 valence electrons. The minimum atomic E-state index is -0.192. The van der Waals surface area contributed by atoms with Gasteiger partial charge in [-0.2, -0.15) is 0 Å². The first-order chi connectivity index (χ1) is 10.3. The summed E-state index contributed by atoms with van der Waals surface area (Å²) in [6.07, 6.45) is 0.158. The summed E-state index contributed by atoms with van der Waals surface area (Å²) in [5.41, 5.74) is 8.09. The van der Waals surface area contributed by atoms with Crippen LogP contribution in [0.4, 0.5) is 0 Å². The fraction of sp³-hybridized carbons (Fsp3) is 0.632. The van der Waals surface area contributed by atoms with Crippen LogP contribution >= 0.6 is 0 Å². The van der Waals surface area contributed by atoms with Crippen LogP contribution in [0.1, 0.15) is 65.2 Å². The van der Waals surface area contributed by atoms with Gasteiger partial charge in [-0.3, -0.25) is 4.79 Å². The number of phenolic OH excluding ortho intramolecular Hbond substituents is 1. The maximum Gasteiger partial charge on any atom is 0.224 e. The topological polar surface area (TPSA) is 75.3 Å². The molecule has 1 rings (SSSR count). The number of amides is 1. The van der Waals surface area contributed by atoms with Gasteiger partial charge in [0, 0.05) is 18.2 Å². The van der Waals surface area contributed by atoms with Crippen molar-refractivity contribution in [3.63, 3.8) is 0 Å². The Morgan fingerprint density at radius 1 is 1.17 bits per heavy atom. The van der Waals surface area contributed by atoms with Gasteiger partial charge in [0.25, 0.3) is 0 Å². The lowest BCUT2D eigenvalue weighted by atomic mass is 9.78. The molecule has 0 bridgehead atoms. The van der Waals surface area contributed by atoms with Crippen LogP contribution in [0.2, 0.25) is 0 Å². The quantitative estimate of drug-likeness (QED) is 0.798. The average Bonchev–Trinajstić information content (AvgIpc) is 2.36. The van der Waals surface area contributed by atoms with Crippen LogP contribution in [-0.4, -0.2) is 23.6 Å². The summed E-state index contributed by atoms with van der Waals surface area (Å²) in [5, 5.41) is 13.4. The van der Waals surface area contributed by atoms with Crippen molar-refractivity contribution in [1.82, 2.24) is 5.32 Å². The molecule has 0 radical (unpaired) electrons. The summed E-state index contributed by atoms with van der Waals surface area (Å²) in [7, 11) is 0. The predicted molar refractivity (Wildman–Crippen MR) is 95.9 cm³/mol. The number of carbonyl (C=O) groups excluding carboxylic acids is 1. The number of carbonyl (C=O) groups is 1. The fourth-order valence-electron chi connectivity index (χ4n) is 2.34. The zero-order valence-electron chi connectivity index (χ0n) is 15.6. The largest absolute Gasteiger partial charge is 0.507 e. The van der Waals surface area contributed by atoms with Gasteiger partial charge in [-0.1, -0.05) is 53.7 Å². The molecule has 4 N–H and O–H groups in total. The molecule has 4 nitrogen and oxygen atoms in total. The van der Waals surface area contributed by atoms with E-state index < -0.39 is 0 Å². The summed E-state index contributed by atoms with van der Waals surface area (Å²) in [5.74, 6) is 0.102. The minimum Gasteiger partial charge on any atom is -0.507 e. The SMILES string of the molecule is CC(N)CNC(=O)Cc1cc(C(C)(C)C)cc(C(C)(C)C)c1O. The molecule has 1 unspecified atom stereocenters. The number of hydrogen-bond donors (Lipinski definition) is 3. The standard InChI is InChI=1S/C19H32N2O2/c1-12(20)11-21-16(22)9-13-8-14(18(2,3)4)10-15(17(13)23)19(5,6)7/h8,10,12,23H,9,11,20H2,1-7H3,(H,21,22). The van der Waals surface area contributed by atoms with E-state index in [1.54, 1.807) is 0 Å². The van der Waals surface area contributed by atoms with Crippen molar-refractivity contribution in [3.8, 4) is 5.75 Å². The van der Waals surface area contributed by atoms with Crippen molar-refractivity contribution in [2.75, 3.05) is 6.54 Å². The molecule has 0 aliphatic rings. The zero-order chi connectivity index (χ0) is 18.0. The molecule has 0 heterocycles. The maximum atomic E-state index is 12.1. The first-order valence-electron chi connectivity index (χ1n) is 8.21. The van der Waals surface area contributed by atoms with E-state index in [0.717, 1.165) is 11.1 Å². The van der Waals surface area contributed by atoms with Crippen LogP contribution < -0.4 is 11.1 Å². The van der Waals surface area contributed by atoms with Gasteiger partial charge >= 0.3 is 0 Å². The van der Waals surface area contributed by atoms with Gasteiger partial charge in [-0.25, -0.2) is 0 Å². The molecular weight excluding hydrogens is 288 g/mol. The highest BCUT2D eigenvalue weighted by Crippen LogP contribution is 2.37. The Labute approximate surface area is 140 Å². The van der Waals surface area contributed by atoms with Gasteiger partial charge < -0.3 is 16.2 Å². The van der Waals surface area contributed by atoms with Crippen molar-refractivity contribution in [2.45, 2.75) is 71.8 Å².